The molecule has 1 atom stereocenters. The summed E-state index contributed by atoms with van der Waals surface area (Å²) in [5.74, 6) is 1.64. The van der Waals surface area contributed by atoms with E-state index in [2.05, 4.69) is 24.8 Å². The summed E-state index contributed by atoms with van der Waals surface area (Å²) in [5.41, 5.74) is 1.18. The van der Waals surface area contributed by atoms with Crippen molar-refractivity contribution >= 4 is 18.1 Å². The first-order chi connectivity index (χ1) is 16.2. The van der Waals surface area contributed by atoms with Crippen molar-refractivity contribution in [2.24, 2.45) is 5.92 Å². The molecule has 0 saturated heterocycles. The Morgan fingerprint density at radius 3 is 2.20 bits per heavy atom. The summed E-state index contributed by atoms with van der Waals surface area (Å²) in [6, 6.07) is 13.1. The first-order valence-electron chi connectivity index (χ1n) is 11.4. The van der Waals surface area contributed by atoms with Crippen LogP contribution in [-0.4, -0.2) is 51.3 Å². The number of nitro benzene ring substituents is 1. The van der Waals surface area contributed by atoms with Gasteiger partial charge >= 0.3 is 0 Å². The third kappa shape index (κ3) is 7.23. The van der Waals surface area contributed by atoms with Crippen molar-refractivity contribution in [3.8, 4) is 23.3 Å². The molecule has 1 unspecified atom stereocenters. The zero-order chi connectivity index (χ0) is 25.3. The number of non-ortho nitro benzene ring substituents is 1. The summed E-state index contributed by atoms with van der Waals surface area (Å²) >= 11 is 0. The molecule has 0 aliphatic heterocycles. The summed E-state index contributed by atoms with van der Waals surface area (Å²) in [5, 5.41) is 21.3. The molecule has 8 nitrogen and oxygen atoms in total. The number of likely N-dealkylation sites (N-methyl/N-ethyl adjacent to an activating group) is 1. The smallest absolute Gasteiger partial charge is 0.269 e. The zero-order valence-electron chi connectivity index (χ0n) is 21.4. The molecule has 0 aliphatic rings. The van der Waals surface area contributed by atoms with E-state index in [0.29, 0.717) is 23.7 Å². The summed E-state index contributed by atoms with van der Waals surface area (Å²) < 4.78 is 16.5. The highest BCUT2D eigenvalue weighted by atomic mass is 35.5. The molecule has 2 aromatic rings. The highest BCUT2D eigenvalue weighted by Gasteiger charge is 2.37. The number of ether oxygens (including phenoxy) is 3. The Morgan fingerprint density at radius 1 is 1.09 bits per heavy atom. The van der Waals surface area contributed by atoms with Gasteiger partial charge in [-0.2, -0.15) is 5.26 Å². The fourth-order valence-electron chi connectivity index (χ4n) is 4.24. The molecule has 0 N–H and O–H groups in total. The number of nitro groups is 1. The Morgan fingerprint density at radius 2 is 1.71 bits per heavy atom. The average Bonchev–Trinajstić information content (AvgIpc) is 2.84. The third-order valence-electron chi connectivity index (χ3n) is 6.38. The highest BCUT2D eigenvalue weighted by Crippen LogP contribution is 2.45. The number of nitriles is 1. The molecule has 0 bridgehead atoms. The standard InChI is InChI=1S/C26H35N3O5.ClH/c1-19(2)26(18-27,21-16-23(32-4)25(34-6)24(17-21)33-5)12-8-13-28(3)14-11-20-9-7-10-22(15-20)29(30)31;/h7,9-10,15-17,19H,8,11-14H2,1-6H3;1H. The van der Waals surface area contributed by atoms with Crippen molar-refractivity contribution in [3.63, 3.8) is 0 Å². The van der Waals surface area contributed by atoms with E-state index < -0.39 is 5.41 Å². The largest absolute Gasteiger partial charge is 0.493 e. The Balaban J connectivity index is 0.00000612. The predicted molar refractivity (Wildman–Crippen MR) is 139 cm³/mol. The summed E-state index contributed by atoms with van der Waals surface area (Å²) in [6.07, 6.45) is 2.20. The van der Waals surface area contributed by atoms with Gasteiger partial charge in [-0.15, -0.1) is 12.4 Å². The number of hydrogen-bond donors (Lipinski definition) is 0. The lowest BCUT2D eigenvalue weighted by molar-refractivity contribution is -0.384. The maximum absolute atomic E-state index is 11.0. The molecule has 0 radical (unpaired) electrons. The Bertz CT molecular complexity index is 999. The Kier molecular flexibility index (Phi) is 11.8. The van der Waals surface area contributed by atoms with Crippen molar-refractivity contribution in [2.45, 2.75) is 38.5 Å². The lowest BCUT2D eigenvalue weighted by Gasteiger charge is -2.33. The van der Waals surface area contributed by atoms with E-state index in [-0.39, 0.29) is 28.9 Å². The van der Waals surface area contributed by atoms with Gasteiger partial charge in [-0.3, -0.25) is 10.1 Å². The van der Waals surface area contributed by atoms with Crippen LogP contribution in [0.5, 0.6) is 17.2 Å². The second-order valence-electron chi connectivity index (χ2n) is 8.74. The van der Waals surface area contributed by atoms with Crippen molar-refractivity contribution < 1.29 is 19.1 Å². The van der Waals surface area contributed by atoms with Gasteiger partial charge in [-0.1, -0.05) is 26.0 Å². The number of benzene rings is 2. The number of halogens is 1. The van der Waals surface area contributed by atoms with E-state index in [1.807, 2.05) is 25.2 Å². The maximum Gasteiger partial charge on any atom is 0.269 e. The summed E-state index contributed by atoms with van der Waals surface area (Å²) in [6.45, 7) is 5.68. The van der Waals surface area contributed by atoms with Crippen LogP contribution in [0.25, 0.3) is 0 Å². The molecule has 0 saturated carbocycles. The van der Waals surface area contributed by atoms with Crippen LogP contribution in [0, 0.1) is 27.4 Å². The van der Waals surface area contributed by atoms with Crippen LogP contribution in [0.1, 0.15) is 37.8 Å². The van der Waals surface area contributed by atoms with Crippen LogP contribution in [0.2, 0.25) is 0 Å². The Labute approximate surface area is 214 Å². The van der Waals surface area contributed by atoms with Gasteiger partial charge in [0.05, 0.1) is 37.7 Å². The van der Waals surface area contributed by atoms with Crippen LogP contribution < -0.4 is 14.2 Å². The highest BCUT2D eigenvalue weighted by molar-refractivity contribution is 5.85. The molecule has 35 heavy (non-hydrogen) atoms. The minimum absolute atomic E-state index is 0. The lowest BCUT2D eigenvalue weighted by atomic mass is 9.69. The van der Waals surface area contributed by atoms with E-state index in [4.69, 9.17) is 14.2 Å². The summed E-state index contributed by atoms with van der Waals surface area (Å²) in [4.78, 5) is 12.8. The van der Waals surface area contributed by atoms with Gasteiger partial charge in [-0.25, -0.2) is 0 Å². The molecule has 192 valence electrons. The number of methoxy groups -OCH3 is 3. The van der Waals surface area contributed by atoms with Gasteiger partial charge in [0.1, 0.15) is 0 Å². The molecule has 0 fully saturated rings. The van der Waals surface area contributed by atoms with Gasteiger partial charge in [0.2, 0.25) is 5.75 Å². The van der Waals surface area contributed by atoms with Crippen molar-refractivity contribution in [1.82, 2.24) is 4.90 Å². The first kappa shape index (κ1) is 30.0. The van der Waals surface area contributed by atoms with Gasteiger partial charge in [0.25, 0.3) is 5.69 Å². The van der Waals surface area contributed by atoms with Crippen LogP contribution in [0.3, 0.4) is 0 Å². The van der Waals surface area contributed by atoms with E-state index in [1.54, 1.807) is 33.5 Å². The fraction of sp³-hybridized carbons (Fsp3) is 0.500. The molecule has 9 heteroatoms. The van der Waals surface area contributed by atoms with Gasteiger partial charge in [-0.05, 0) is 62.0 Å². The molecule has 0 amide bonds. The number of hydrogen-bond acceptors (Lipinski definition) is 7. The molecule has 2 aromatic carbocycles. The molecule has 0 aliphatic carbocycles. The lowest BCUT2D eigenvalue weighted by Crippen LogP contribution is -2.32. The molecule has 0 heterocycles. The van der Waals surface area contributed by atoms with Crippen LogP contribution in [-0.2, 0) is 11.8 Å². The fourth-order valence-corrected chi connectivity index (χ4v) is 4.24. The zero-order valence-corrected chi connectivity index (χ0v) is 22.2. The molecule has 0 spiro atoms. The SMILES string of the molecule is COc1cc(C(C#N)(CCCN(C)CCc2cccc([N+](=O)[O-])c2)C(C)C)cc(OC)c1OC.Cl. The van der Waals surface area contributed by atoms with Gasteiger partial charge in [0.15, 0.2) is 11.5 Å². The average molecular weight is 506 g/mol. The van der Waals surface area contributed by atoms with E-state index >= 15 is 0 Å². The normalized spacial score (nSPS) is 12.4. The Hall–Kier alpha value is -3.02. The van der Waals surface area contributed by atoms with Crippen molar-refractivity contribution in [1.29, 1.82) is 5.26 Å². The van der Waals surface area contributed by atoms with Crippen molar-refractivity contribution in [3.05, 3.63) is 57.6 Å². The van der Waals surface area contributed by atoms with Crippen molar-refractivity contribution in [2.75, 3.05) is 41.5 Å². The maximum atomic E-state index is 11.0. The van der Waals surface area contributed by atoms with Crippen LogP contribution >= 0.6 is 12.4 Å². The van der Waals surface area contributed by atoms with Crippen LogP contribution in [0.4, 0.5) is 5.69 Å². The molecule has 2 rings (SSSR count). The molecular formula is C26H36ClN3O5. The molecule has 0 aromatic heterocycles. The number of rotatable bonds is 13. The monoisotopic (exact) mass is 505 g/mol. The van der Waals surface area contributed by atoms with Gasteiger partial charge < -0.3 is 19.1 Å². The van der Waals surface area contributed by atoms with Crippen LogP contribution in [0.15, 0.2) is 36.4 Å². The topological polar surface area (TPSA) is 97.9 Å². The number of nitrogens with zero attached hydrogens (tertiary/aromatic N) is 3. The third-order valence-corrected chi connectivity index (χ3v) is 6.38. The van der Waals surface area contributed by atoms with E-state index in [0.717, 1.165) is 37.1 Å². The van der Waals surface area contributed by atoms with E-state index in [9.17, 15) is 15.4 Å². The minimum atomic E-state index is -0.715. The second-order valence-corrected chi connectivity index (χ2v) is 8.74. The van der Waals surface area contributed by atoms with Gasteiger partial charge in [0, 0.05) is 18.7 Å². The van der Waals surface area contributed by atoms with E-state index in [1.165, 1.54) is 6.07 Å². The minimum Gasteiger partial charge on any atom is -0.493 e. The second kappa shape index (κ2) is 13.8. The molecular weight excluding hydrogens is 470 g/mol. The first-order valence-corrected chi connectivity index (χ1v) is 11.4. The predicted octanol–water partition coefficient (Wildman–Crippen LogP) is 5.41. The summed E-state index contributed by atoms with van der Waals surface area (Å²) in [7, 11) is 6.73. The quantitative estimate of drug-likeness (QED) is 0.265.